The van der Waals surface area contributed by atoms with Crippen molar-refractivity contribution in [3.8, 4) is 11.5 Å². The predicted octanol–water partition coefficient (Wildman–Crippen LogP) is 3.48. The number of anilines is 2. The van der Waals surface area contributed by atoms with Gasteiger partial charge in [-0.1, -0.05) is 6.07 Å². The van der Waals surface area contributed by atoms with Crippen LogP contribution < -0.4 is 19.7 Å². The van der Waals surface area contributed by atoms with Crippen LogP contribution in [0, 0.1) is 0 Å². The largest absolute Gasteiger partial charge is 0.497 e. The molecule has 0 atom stereocenters. The van der Waals surface area contributed by atoms with Gasteiger partial charge in [0.15, 0.2) is 0 Å². The first kappa shape index (κ1) is 19.3. The molecule has 26 heavy (non-hydrogen) atoms. The van der Waals surface area contributed by atoms with Gasteiger partial charge in [-0.15, -0.1) is 0 Å². The fourth-order valence-corrected chi connectivity index (χ4v) is 2.49. The molecule has 1 N–H and O–H groups in total. The van der Waals surface area contributed by atoms with Crippen LogP contribution in [0.4, 0.5) is 11.4 Å². The Labute approximate surface area is 153 Å². The van der Waals surface area contributed by atoms with Crippen molar-refractivity contribution in [1.29, 1.82) is 0 Å². The molecule has 0 aliphatic rings. The molecule has 2 aromatic rings. The van der Waals surface area contributed by atoms with Crippen LogP contribution in [0.3, 0.4) is 0 Å². The van der Waals surface area contributed by atoms with Crippen LogP contribution in [-0.4, -0.2) is 32.1 Å². The number of hydrogen-bond acceptors (Lipinski definition) is 4. The molecule has 2 amide bonds. The number of benzene rings is 2. The van der Waals surface area contributed by atoms with Crippen molar-refractivity contribution >= 4 is 23.2 Å². The fraction of sp³-hybridized carbons (Fsp3) is 0.300. The lowest BCUT2D eigenvalue weighted by Crippen LogP contribution is -2.31. The van der Waals surface area contributed by atoms with Crippen molar-refractivity contribution in [1.82, 2.24) is 0 Å². The minimum absolute atomic E-state index is 0.122. The maximum Gasteiger partial charge on any atom is 0.226 e. The van der Waals surface area contributed by atoms with Crippen LogP contribution in [0.15, 0.2) is 48.5 Å². The Morgan fingerprint density at radius 3 is 2.42 bits per heavy atom. The van der Waals surface area contributed by atoms with Gasteiger partial charge >= 0.3 is 0 Å². The van der Waals surface area contributed by atoms with E-state index in [1.165, 1.54) is 6.92 Å². The highest BCUT2D eigenvalue weighted by atomic mass is 16.5. The summed E-state index contributed by atoms with van der Waals surface area (Å²) in [6.07, 6.45) is 0.185. The summed E-state index contributed by atoms with van der Waals surface area (Å²) in [5, 5.41) is 2.81. The molecule has 0 bridgehead atoms. The standard InChI is InChI=1S/C20H24N2O4/c1-4-26-18-10-8-17(9-11-18)22(15(2)23)13-12-20(24)21-16-6-5-7-19(14-16)25-3/h5-11,14H,4,12-13H2,1-3H3,(H,21,24). The van der Waals surface area contributed by atoms with Crippen LogP contribution in [0.1, 0.15) is 20.3 Å². The van der Waals surface area contributed by atoms with Crippen LogP contribution in [0.2, 0.25) is 0 Å². The van der Waals surface area contributed by atoms with Crippen molar-refractivity contribution in [2.24, 2.45) is 0 Å². The van der Waals surface area contributed by atoms with Crippen molar-refractivity contribution < 1.29 is 19.1 Å². The van der Waals surface area contributed by atoms with Crippen molar-refractivity contribution in [2.45, 2.75) is 20.3 Å². The molecule has 0 spiro atoms. The van der Waals surface area contributed by atoms with Gasteiger partial charge in [-0.05, 0) is 43.3 Å². The summed E-state index contributed by atoms with van der Waals surface area (Å²) in [6.45, 7) is 4.27. The summed E-state index contributed by atoms with van der Waals surface area (Å²) in [4.78, 5) is 25.7. The molecular weight excluding hydrogens is 332 g/mol. The monoisotopic (exact) mass is 356 g/mol. The van der Waals surface area contributed by atoms with E-state index in [4.69, 9.17) is 9.47 Å². The summed E-state index contributed by atoms with van der Waals surface area (Å²) in [5.74, 6) is 1.12. The molecule has 2 aromatic carbocycles. The highest BCUT2D eigenvalue weighted by molar-refractivity contribution is 5.94. The molecular formula is C20H24N2O4. The third kappa shape index (κ3) is 5.51. The first-order valence-corrected chi connectivity index (χ1v) is 8.48. The van der Waals surface area contributed by atoms with Crippen molar-refractivity contribution in [3.05, 3.63) is 48.5 Å². The Balaban J connectivity index is 1.97. The minimum atomic E-state index is -0.171. The summed E-state index contributed by atoms with van der Waals surface area (Å²) < 4.78 is 10.5. The Morgan fingerprint density at radius 2 is 1.81 bits per heavy atom. The summed E-state index contributed by atoms with van der Waals surface area (Å²) in [6, 6.07) is 14.4. The Morgan fingerprint density at radius 1 is 1.08 bits per heavy atom. The lowest BCUT2D eigenvalue weighted by atomic mass is 10.2. The van der Waals surface area contributed by atoms with E-state index in [-0.39, 0.29) is 18.2 Å². The van der Waals surface area contributed by atoms with E-state index in [1.54, 1.807) is 36.3 Å². The lowest BCUT2D eigenvalue weighted by molar-refractivity contribution is -0.117. The van der Waals surface area contributed by atoms with Crippen LogP contribution >= 0.6 is 0 Å². The molecule has 0 fully saturated rings. The molecule has 138 valence electrons. The normalized spacial score (nSPS) is 10.1. The van der Waals surface area contributed by atoms with Crippen LogP contribution in [0.5, 0.6) is 11.5 Å². The van der Waals surface area contributed by atoms with Gasteiger partial charge in [0.25, 0.3) is 0 Å². The van der Waals surface area contributed by atoms with Gasteiger partial charge in [-0.25, -0.2) is 0 Å². The summed E-state index contributed by atoms with van der Waals surface area (Å²) >= 11 is 0. The lowest BCUT2D eigenvalue weighted by Gasteiger charge is -2.21. The number of ether oxygens (including phenoxy) is 2. The Hall–Kier alpha value is -3.02. The number of carbonyl (C=O) groups excluding carboxylic acids is 2. The molecule has 0 saturated heterocycles. The number of nitrogens with one attached hydrogen (secondary N) is 1. The SMILES string of the molecule is CCOc1ccc(N(CCC(=O)Nc2cccc(OC)c2)C(C)=O)cc1. The Bertz CT molecular complexity index is 744. The summed E-state index contributed by atoms with van der Waals surface area (Å²) in [5.41, 5.74) is 1.39. The fourth-order valence-electron chi connectivity index (χ4n) is 2.49. The zero-order chi connectivity index (χ0) is 18.9. The molecule has 6 nitrogen and oxygen atoms in total. The first-order chi connectivity index (χ1) is 12.5. The second kappa shape index (κ2) is 9.46. The second-order valence-corrected chi connectivity index (χ2v) is 5.63. The molecule has 0 aliphatic heterocycles. The predicted molar refractivity (Wildman–Crippen MR) is 102 cm³/mol. The topological polar surface area (TPSA) is 67.9 Å². The van der Waals surface area contributed by atoms with E-state index < -0.39 is 0 Å². The molecule has 0 heterocycles. The quantitative estimate of drug-likeness (QED) is 0.786. The van der Waals surface area contributed by atoms with Gasteiger partial charge in [0, 0.05) is 37.3 Å². The van der Waals surface area contributed by atoms with E-state index in [0.29, 0.717) is 24.6 Å². The van der Waals surface area contributed by atoms with Gasteiger partial charge in [0.1, 0.15) is 11.5 Å². The smallest absolute Gasteiger partial charge is 0.226 e. The molecule has 0 aromatic heterocycles. The van der Waals surface area contributed by atoms with E-state index in [2.05, 4.69) is 5.32 Å². The van der Waals surface area contributed by atoms with Crippen LogP contribution in [-0.2, 0) is 9.59 Å². The molecule has 0 radical (unpaired) electrons. The molecule has 2 rings (SSSR count). The van der Waals surface area contributed by atoms with E-state index in [1.807, 2.05) is 31.2 Å². The summed E-state index contributed by atoms with van der Waals surface area (Å²) in [7, 11) is 1.57. The number of amides is 2. The third-order valence-corrected chi connectivity index (χ3v) is 3.76. The molecule has 6 heteroatoms. The van der Waals surface area contributed by atoms with Gasteiger partial charge in [-0.2, -0.15) is 0 Å². The van der Waals surface area contributed by atoms with E-state index in [0.717, 1.165) is 11.4 Å². The average molecular weight is 356 g/mol. The number of rotatable bonds is 8. The maximum absolute atomic E-state index is 12.2. The minimum Gasteiger partial charge on any atom is -0.497 e. The molecule has 0 unspecified atom stereocenters. The third-order valence-electron chi connectivity index (χ3n) is 3.76. The molecule has 0 saturated carbocycles. The average Bonchev–Trinajstić information content (AvgIpc) is 2.63. The second-order valence-electron chi connectivity index (χ2n) is 5.63. The highest BCUT2D eigenvalue weighted by Gasteiger charge is 2.14. The zero-order valence-electron chi connectivity index (χ0n) is 15.3. The Kier molecular flexibility index (Phi) is 7.02. The number of carbonyl (C=O) groups is 2. The number of nitrogens with zero attached hydrogens (tertiary/aromatic N) is 1. The van der Waals surface area contributed by atoms with Gasteiger partial charge in [-0.3, -0.25) is 9.59 Å². The van der Waals surface area contributed by atoms with Crippen molar-refractivity contribution in [3.63, 3.8) is 0 Å². The van der Waals surface area contributed by atoms with E-state index in [9.17, 15) is 9.59 Å². The first-order valence-electron chi connectivity index (χ1n) is 8.48. The zero-order valence-corrected chi connectivity index (χ0v) is 15.3. The van der Waals surface area contributed by atoms with Gasteiger partial charge < -0.3 is 19.7 Å². The van der Waals surface area contributed by atoms with Gasteiger partial charge in [0.2, 0.25) is 11.8 Å². The van der Waals surface area contributed by atoms with Crippen molar-refractivity contribution in [2.75, 3.05) is 30.5 Å². The van der Waals surface area contributed by atoms with Gasteiger partial charge in [0.05, 0.1) is 13.7 Å². The van der Waals surface area contributed by atoms with E-state index >= 15 is 0 Å². The maximum atomic E-state index is 12.2. The molecule has 0 aliphatic carbocycles. The number of hydrogen-bond donors (Lipinski definition) is 1. The highest BCUT2D eigenvalue weighted by Crippen LogP contribution is 2.21. The van der Waals surface area contributed by atoms with Crippen LogP contribution in [0.25, 0.3) is 0 Å². The number of methoxy groups -OCH3 is 1.